The Morgan fingerprint density at radius 1 is 1.53 bits per heavy atom. The number of benzene rings is 1. The van der Waals surface area contributed by atoms with Gasteiger partial charge in [-0.05, 0) is 24.6 Å². The molecule has 6 heteroatoms. The van der Waals surface area contributed by atoms with Gasteiger partial charge >= 0.3 is 0 Å². The van der Waals surface area contributed by atoms with Gasteiger partial charge in [0.1, 0.15) is 6.20 Å². The van der Waals surface area contributed by atoms with Crippen molar-refractivity contribution in [3.05, 3.63) is 44.5 Å². The highest BCUT2D eigenvalue weighted by Gasteiger charge is 2.20. The molecule has 0 amide bonds. The number of aromatic nitrogens is 1. The minimum atomic E-state index is -0.594. The van der Waals surface area contributed by atoms with Crippen LogP contribution in [-0.2, 0) is 6.42 Å². The van der Waals surface area contributed by atoms with Crippen LogP contribution in [0.5, 0.6) is 0 Å². The quantitative estimate of drug-likeness (QED) is 0.692. The molecule has 1 N–H and O–H groups in total. The van der Waals surface area contributed by atoms with E-state index >= 15 is 0 Å². The number of rotatable bonds is 4. The van der Waals surface area contributed by atoms with E-state index in [9.17, 15) is 15.2 Å². The van der Waals surface area contributed by atoms with Crippen LogP contribution < -0.4 is 0 Å². The molecule has 1 atom stereocenters. The van der Waals surface area contributed by atoms with Gasteiger partial charge in [0.2, 0.25) is 0 Å². The molecule has 0 radical (unpaired) electrons. The molecule has 0 aliphatic heterocycles. The van der Waals surface area contributed by atoms with Gasteiger partial charge < -0.3 is 5.11 Å². The van der Waals surface area contributed by atoms with E-state index in [0.29, 0.717) is 22.9 Å². The number of fused-ring (bicyclic) bond motifs is 1. The van der Waals surface area contributed by atoms with Gasteiger partial charge in [0.05, 0.1) is 16.5 Å². The molecule has 1 unspecified atom stereocenters. The maximum absolute atomic E-state index is 11.1. The summed E-state index contributed by atoms with van der Waals surface area (Å²) in [5.74, 6) is 0. The molecule has 2 rings (SSSR count). The Labute approximate surface area is 118 Å². The molecule has 0 spiro atoms. The summed E-state index contributed by atoms with van der Waals surface area (Å²) in [6.45, 7) is 1.84. The van der Waals surface area contributed by atoms with Gasteiger partial charge in [-0.3, -0.25) is 10.1 Å². The lowest BCUT2D eigenvalue weighted by Crippen LogP contribution is -2.11. The summed E-state index contributed by atoms with van der Waals surface area (Å²) in [6.07, 6.45) is 1.47. The van der Waals surface area contributed by atoms with Crippen molar-refractivity contribution in [1.82, 2.24) is 4.98 Å². The topological polar surface area (TPSA) is 76.3 Å². The largest absolute Gasteiger partial charge is 0.393 e. The van der Waals surface area contributed by atoms with E-state index in [1.807, 2.05) is 13.0 Å². The second kappa shape index (κ2) is 5.63. The minimum absolute atomic E-state index is 0.0434. The molecular weight excluding hydrogens is 312 g/mol. The molecular formula is C13H13BrN2O3. The number of nitrogens with zero attached hydrogens (tertiary/aromatic N) is 2. The highest BCUT2D eigenvalue weighted by molar-refractivity contribution is 9.10. The fourth-order valence-electron chi connectivity index (χ4n) is 1.96. The average molecular weight is 325 g/mol. The number of pyridine rings is 1. The molecule has 1 aromatic carbocycles. The molecule has 100 valence electrons. The molecule has 0 fully saturated rings. The predicted octanol–water partition coefficient (Wildman–Crippen LogP) is 3.22. The molecule has 0 aliphatic carbocycles. The van der Waals surface area contributed by atoms with E-state index in [4.69, 9.17) is 0 Å². The van der Waals surface area contributed by atoms with Crippen LogP contribution in [0.1, 0.15) is 18.9 Å². The van der Waals surface area contributed by atoms with Crippen LogP contribution in [0, 0.1) is 10.1 Å². The second-order valence-electron chi connectivity index (χ2n) is 4.31. The normalized spacial score (nSPS) is 12.6. The zero-order valence-corrected chi connectivity index (χ0v) is 11.9. The third-order valence-corrected chi connectivity index (χ3v) is 3.52. The Kier molecular flexibility index (Phi) is 4.11. The third-order valence-electron chi connectivity index (χ3n) is 3.03. The molecule has 5 nitrogen and oxygen atoms in total. The van der Waals surface area contributed by atoms with Crippen LogP contribution in [0.3, 0.4) is 0 Å². The summed E-state index contributed by atoms with van der Waals surface area (Å²) >= 11 is 3.35. The molecule has 19 heavy (non-hydrogen) atoms. The van der Waals surface area contributed by atoms with Crippen molar-refractivity contribution >= 4 is 32.5 Å². The lowest BCUT2D eigenvalue weighted by atomic mass is 10.0. The van der Waals surface area contributed by atoms with Crippen LogP contribution in [0.2, 0.25) is 0 Å². The zero-order chi connectivity index (χ0) is 14.0. The first-order chi connectivity index (χ1) is 9.02. The number of aliphatic hydroxyl groups excluding tert-OH is 1. The Morgan fingerprint density at radius 2 is 2.26 bits per heavy atom. The first-order valence-corrected chi connectivity index (χ1v) is 6.71. The van der Waals surface area contributed by atoms with Crippen LogP contribution >= 0.6 is 15.9 Å². The highest BCUT2D eigenvalue weighted by atomic mass is 79.9. The maximum Gasteiger partial charge on any atom is 0.291 e. The van der Waals surface area contributed by atoms with Crippen LogP contribution in [-0.4, -0.2) is 21.1 Å². The van der Waals surface area contributed by atoms with Gasteiger partial charge in [-0.25, -0.2) is 4.98 Å². The molecule has 0 saturated carbocycles. The van der Waals surface area contributed by atoms with Gasteiger partial charge in [0, 0.05) is 21.8 Å². The van der Waals surface area contributed by atoms with E-state index in [0.717, 1.165) is 4.47 Å². The van der Waals surface area contributed by atoms with Gasteiger partial charge in [-0.15, -0.1) is 0 Å². The Morgan fingerprint density at radius 3 is 2.89 bits per heavy atom. The Hall–Kier alpha value is -1.53. The molecule has 1 heterocycles. The molecule has 2 aromatic rings. The van der Waals surface area contributed by atoms with Crippen LogP contribution in [0.4, 0.5) is 5.69 Å². The summed E-state index contributed by atoms with van der Waals surface area (Å²) in [5, 5.41) is 21.6. The van der Waals surface area contributed by atoms with Crippen molar-refractivity contribution in [2.75, 3.05) is 0 Å². The molecule has 1 aromatic heterocycles. The van der Waals surface area contributed by atoms with Gasteiger partial charge in [0.25, 0.3) is 5.69 Å². The molecule has 0 aliphatic rings. The molecule has 0 bridgehead atoms. The number of nitro groups is 1. The summed E-state index contributed by atoms with van der Waals surface area (Å²) in [4.78, 5) is 14.7. The number of hydrogen-bond acceptors (Lipinski definition) is 4. The van der Waals surface area contributed by atoms with Gasteiger partial charge in [0.15, 0.2) is 0 Å². The average Bonchev–Trinajstić information content (AvgIpc) is 2.38. The summed E-state index contributed by atoms with van der Waals surface area (Å²) < 4.78 is 0.828. The summed E-state index contributed by atoms with van der Waals surface area (Å²) in [5.41, 5.74) is 1.18. The number of hydrogen-bond donors (Lipinski definition) is 1. The zero-order valence-electron chi connectivity index (χ0n) is 10.3. The fourth-order valence-corrected chi connectivity index (χ4v) is 2.32. The monoisotopic (exact) mass is 324 g/mol. The van der Waals surface area contributed by atoms with Crippen molar-refractivity contribution < 1.29 is 10.0 Å². The first-order valence-electron chi connectivity index (χ1n) is 5.92. The maximum atomic E-state index is 11.1. The van der Waals surface area contributed by atoms with Crippen molar-refractivity contribution in [2.24, 2.45) is 0 Å². The lowest BCUT2D eigenvalue weighted by Gasteiger charge is -2.11. The van der Waals surface area contributed by atoms with E-state index in [1.165, 1.54) is 6.20 Å². The van der Waals surface area contributed by atoms with Gasteiger partial charge in [-0.2, -0.15) is 0 Å². The lowest BCUT2D eigenvalue weighted by molar-refractivity contribution is -0.385. The van der Waals surface area contributed by atoms with E-state index in [2.05, 4.69) is 20.9 Å². The second-order valence-corrected chi connectivity index (χ2v) is 5.22. The van der Waals surface area contributed by atoms with E-state index < -0.39 is 11.0 Å². The Bertz CT molecular complexity index is 631. The summed E-state index contributed by atoms with van der Waals surface area (Å²) in [7, 11) is 0. The van der Waals surface area contributed by atoms with E-state index in [-0.39, 0.29) is 12.1 Å². The number of aliphatic hydroxyl groups is 1. The summed E-state index contributed by atoms with van der Waals surface area (Å²) in [6, 6.07) is 5.43. The highest BCUT2D eigenvalue weighted by Crippen LogP contribution is 2.29. The van der Waals surface area contributed by atoms with Crippen LogP contribution in [0.25, 0.3) is 10.9 Å². The standard InChI is InChI=1S/C13H13BrN2O3/c1-2-9(17)6-11-10-5-8(14)3-4-12(10)15-7-13(11)16(18)19/h3-5,7,9,17H,2,6H2,1H3. The van der Waals surface area contributed by atoms with Gasteiger partial charge in [-0.1, -0.05) is 22.9 Å². The first kappa shape index (κ1) is 13.9. The van der Waals surface area contributed by atoms with Crippen molar-refractivity contribution in [1.29, 1.82) is 0 Å². The SMILES string of the molecule is CCC(O)Cc1c([N+](=O)[O-])cnc2ccc(Br)cc12. The Balaban J connectivity index is 2.67. The minimum Gasteiger partial charge on any atom is -0.393 e. The third kappa shape index (κ3) is 2.90. The van der Waals surface area contributed by atoms with Crippen molar-refractivity contribution in [3.8, 4) is 0 Å². The number of halogens is 1. The van der Waals surface area contributed by atoms with Crippen LogP contribution in [0.15, 0.2) is 28.9 Å². The van der Waals surface area contributed by atoms with E-state index in [1.54, 1.807) is 12.1 Å². The smallest absolute Gasteiger partial charge is 0.291 e. The van der Waals surface area contributed by atoms with Crippen molar-refractivity contribution in [3.63, 3.8) is 0 Å². The predicted molar refractivity (Wildman–Crippen MR) is 76.1 cm³/mol. The fraction of sp³-hybridized carbons (Fsp3) is 0.308. The van der Waals surface area contributed by atoms with Crippen molar-refractivity contribution in [2.45, 2.75) is 25.9 Å². The molecule has 0 saturated heterocycles.